The van der Waals surface area contributed by atoms with Crippen LogP contribution in [0, 0.1) is 0 Å². The molecule has 0 saturated carbocycles. The number of fused-ring (bicyclic) bond motifs is 1. The number of H-pyrrole nitrogens is 1. The van der Waals surface area contributed by atoms with Crippen molar-refractivity contribution >= 4 is 16.8 Å². The van der Waals surface area contributed by atoms with Crippen molar-refractivity contribution in [1.29, 1.82) is 0 Å². The van der Waals surface area contributed by atoms with Crippen LogP contribution in [-0.2, 0) is 6.54 Å². The van der Waals surface area contributed by atoms with Gasteiger partial charge in [0.05, 0.1) is 17.4 Å². The van der Waals surface area contributed by atoms with Crippen LogP contribution in [0.25, 0.3) is 10.9 Å². The molecule has 1 aromatic carbocycles. The van der Waals surface area contributed by atoms with E-state index in [-0.39, 0.29) is 24.1 Å². The highest BCUT2D eigenvalue weighted by atomic mass is 16.2. The maximum Gasteiger partial charge on any atom is 0.258 e. The van der Waals surface area contributed by atoms with Crippen molar-refractivity contribution in [2.24, 2.45) is 0 Å². The molecule has 0 atom stereocenters. The third-order valence-electron chi connectivity index (χ3n) is 3.79. The Kier molecular flexibility index (Phi) is 4.37. The Morgan fingerprint density at radius 2 is 1.88 bits per heavy atom. The van der Waals surface area contributed by atoms with E-state index in [4.69, 9.17) is 0 Å². The summed E-state index contributed by atoms with van der Waals surface area (Å²) >= 11 is 0. The second kappa shape index (κ2) is 6.62. The topological polar surface area (TPSA) is 79.0 Å². The first kappa shape index (κ1) is 15.9. The fourth-order valence-electron chi connectivity index (χ4n) is 2.52. The Morgan fingerprint density at radius 3 is 2.58 bits per heavy atom. The van der Waals surface area contributed by atoms with Gasteiger partial charge in [-0.05, 0) is 38.1 Å². The minimum absolute atomic E-state index is 0.0394. The summed E-state index contributed by atoms with van der Waals surface area (Å²) in [5.74, 6) is 0.345. The quantitative estimate of drug-likeness (QED) is 0.800. The second-order valence-electron chi connectivity index (χ2n) is 5.79. The van der Waals surface area contributed by atoms with Crippen LogP contribution in [0.4, 0.5) is 0 Å². The average Bonchev–Trinajstić information content (AvgIpc) is 2.60. The van der Waals surface area contributed by atoms with Crippen molar-refractivity contribution in [3.63, 3.8) is 0 Å². The highest BCUT2D eigenvalue weighted by Gasteiger charge is 2.20. The molecule has 0 aliphatic heterocycles. The van der Waals surface area contributed by atoms with Gasteiger partial charge in [0, 0.05) is 24.0 Å². The number of aromatic nitrogens is 3. The highest BCUT2D eigenvalue weighted by Crippen LogP contribution is 2.12. The number of nitrogens with zero attached hydrogens (tertiary/aromatic N) is 3. The van der Waals surface area contributed by atoms with E-state index in [1.807, 2.05) is 19.9 Å². The number of rotatable bonds is 4. The molecule has 0 spiro atoms. The molecule has 0 bridgehead atoms. The van der Waals surface area contributed by atoms with E-state index in [0.717, 1.165) is 0 Å². The molecular formula is C18H18N4O2. The Hall–Kier alpha value is -3.02. The highest BCUT2D eigenvalue weighted by molar-refractivity contribution is 5.94. The molecule has 1 N–H and O–H groups in total. The van der Waals surface area contributed by atoms with Crippen LogP contribution in [0.15, 0.2) is 53.6 Å². The Labute approximate surface area is 139 Å². The number of nitrogens with one attached hydrogen (secondary N) is 1. The van der Waals surface area contributed by atoms with E-state index < -0.39 is 0 Å². The molecule has 0 radical (unpaired) electrons. The summed E-state index contributed by atoms with van der Waals surface area (Å²) in [5, 5.41) is 0.540. The average molecular weight is 322 g/mol. The molecule has 24 heavy (non-hydrogen) atoms. The summed E-state index contributed by atoms with van der Waals surface area (Å²) in [4.78, 5) is 37.7. The van der Waals surface area contributed by atoms with Gasteiger partial charge in [-0.25, -0.2) is 4.98 Å². The number of hydrogen-bond donors (Lipinski definition) is 1. The Balaban J connectivity index is 1.94. The van der Waals surface area contributed by atoms with Crippen molar-refractivity contribution < 1.29 is 4.79 Å². The number of carbonyl (C=O) groups is 1. The molecule has 6 heteroatoms. The monoisotopic (exact) mass is 322 g/mol. The molecule has 0 unspecified atom stereocenters. The van der Waals surface area contributed by atoms with Gasteiger partial charge in [0.2, 0.25) is 0 Å². The number of hydrogen-bond acceptors (Lipinski definition) is 4. The first-order chi connectivity index (χ1) is 11.6. The normalized spacial score (nSPS) is 11.0. The van der Waals surface area contributed by atoms with Crippen molar-refractivity contribution in [3.8, 4) is 0 Å². The summed E-state index contributed by atoms with van der Waals surface area (Å²) in [7, 11) is 0. The summed E-state index contributed by atoms with van der Waals surface area (Å²) in [6, 6.07) is 10.5. The number of benzene rings is 1. The maximum atomic E-state index is 12.7. The standard InChI is InChI=1S/C18H18N4O2/c1-12(2)22(18(24)13-7-9-19-10-8-13)11-16-20-15-6-4-3-5-14(15)17(23)21-16/h3-10,12H,11H2,1-2H3,(H,20,21,23). The summed E-state index contributed by atoms with van der Waals surface area (Å²) in [6.07, 6.45) is 3.17. The number of amides is 1. The van der Waals surface area contributed by atoms with Crippen LogP contribution < -0.4 is 5.56 Å². The molecule has 0 fully saturated rings. The van der Waals surface area contributed by atoms with Gasteiger partial charge in [-0.3, -0.25) is 14.6 Å². The van der Waals surface area contributed by atoms with Gasteiger partial charge < -0.3 is 9.88 Å². The van der Waals surface area contributed by atoms with Gasteiger partial charge in [-0.1, -0.05) is 12.1 Å². The molecule has 1 amide bonds. The number of carbonyl (C=O) groups excluding carboxylic acids is 1. The zero-order valence-corrected chi connectivity index (χ0v) is 13.6. The Bertz CT molecular complexity index is 919. The van der Waals surface area contributed by atoms with E-state index in [1.54, 1.807) is 47.6 Å². The Morgan fingerprint density at radius 1 is 1.17 bits per heavy atom. The molecule has 0 saturated heterocycles. The predicted octanol–water partition coefficient (Wildman–Crippen LogP) is 2.37. The lowest BCUT2D eigenvalue weighted by Gasteiger charge is -2.26. The van der Waals surface area contributed by atoms with Crippen LogP contribution in [0.5, 0.6) is 0 Å². The summed E-state index contributed by atoms with van der Waals surface area (Å²) < 4.78 is 0. The van der Waals surface area contributed by atoms with E-state index in [2.05, 4.69) is 15.0 Å². The third kappa shape index (κ3) is 3.17. The van der Waals surface area contributed by atoms with Gasteiger partial charge >= 0.3 is 0 Å². The van der Waals surface area contributed by atoms with Crippen molar-refractivity contribution in [3.05, 3.63) is 70.5 Å². The van der Waals surface area contributed by atoms with Gasteiger partial charge in [-0.2, -0.15) is 0 Å². The molecule has 2 aromatic heterocycles. The fraction of sp³-hybridized carbons (Fsp3) is 0.222. The van der Waals surface area contributed by atoms with E-state index >= 15 is 0 Å². The predicted molar refractivity (Wildman–Crippen MR) is 91.6 cm³/mol. The van der Waals surface area contributed by atoms with Crippen molar-refractivity contribution in [1.82, 2.24) is 19.9 Å². The van der Waals surface area contributed by atoms with E-state index in [9.17, 15) is 9.59 Å². The van der Waals surface area contributed by atoms with E-state index in [1.165, 1.54) is 0 Å². The molecule has 0 aliphatic rings. The lowest BCUT2D eigenvalue weighted by atomic mass is 10.2. The van der Waals surface area contributed by atoms with Crippen LogP contribution >= 0.6 is 0 Å². The fourth-order valence-corrected chi connectivity index (χ4v) is 2.52. The molecule has 0 aliphatic carbocycles. The second-order valence-corrected chi connectivity index (χ2v) is 5.79. The van der Waals surface area contributed by atoms with Gasteiger partial charge in [0.25, 0.3) is 11.5 Å². The lowest BCUT2D eigenvalue weighted by molar-refractivity contribution is 0.0685. The largest absolute Gasteiger partial charge is 0.329 e. The zero-order chi connectivity index (χ0) is 17.1. The van der Waals surface area contributed by atoms with Crippen LogP contribution in [0.3, 0.4) is 0 Å². The van der Waals surface area contributed by atoms with E-state index in [0.29, 0.717) is 22.3 Å². The molecular weight excluding hydrogens is 304 g/mol. The van der Waals surface area contributed by atoms with Crippen molar-refractivity contribution in [2.45, 2.75) is 26.4 Å². The van der Waals surface area contributed by atoms with Gasteiger partial charge in [0.15, 0.2) is 0 Å². The molecule has 122 valence electrons. The number of aromatic amines is 1. The molecule has 3 rings (SSSR count). The van der Waals surface area contributed by atoms with Crippen LogP contribution in [0.1, 0.15) is 30.0 Å². The number of pyridine rings is 1. The lowest BCUT2D eigenvalue weighted by Crippen LogP contribution is -2.37. The minimum Gasteiger partial charge on any atom is -0.329 e. The van der Waals surface area contributed by atoms with Crippen LogP contribution in [-0.4, -0.2) is 31.8 Å². The molecule has 6 nitrogen and oxygen atoms in total. The zero-order valence-electron chi connectivity index (χ0n) is 13.6. The summed E-state index contributed by atoms with van der Waals surface area (Å²) in [5.41, 5.74) is 0.980. The van der Waals surface area contributed by atoms with Gasteiger partial charge in [0.1, 0.15) is 5.82 Å². The third-order valence-corrected chi connectivity index (χ3v) is 3.79. The SMILES string of the molecule is CC(C)N(Cc1nc2ccccc2c(=O)[nH]1)C(=O)c1ccncc1. The minimum atomic E-state index is -0.198. The van der Waals surface area contributed by atoms with Crippen LogP contribution in [0.2, 0.25) is 0 Å². The number of para-hydroxylation sites is 1. The molecule has 2 heterocycles. The first-order valence-corrected chi connectivity index (χ1v) is 7.75. The maximum absolute atomic E-state index is 12.7. The molecule has 3 aromatic rings. The van der Waals surface area contributed by atoms with Gasteiger partial charge in [-0.15, -0.1) is 0 Å². The van der Waals surface area contributed by atoms with Crippen molar-refractivity contribution in [2.75, 3.05) is 0 Å². The first-order valence-electron chi connectivity index (χ1n) is 7.75. The summed E-state index contributed by atoms with van der Waals surface area (Å²) in [6.45, 7) is 4.09. The smallest absolute Gasteiger partial charge is 0.258 e.